The minimum Gasteiger partial charge on any atom is -0.427 e. The Hall–Kier alpha value is -1.29. The van der Waals surface area contributed by atoms with Crippen molar-refractivity contribution in [1.29, 1.82) is 0 Å². The van der Waals surface area contributed by atoms with E-state index in [0.29, 0.717) is 0 Å². The van der Waals surface area contributed by atoms with E-state index in [-0.39, 0.29) is 0 Å². The molecule has 4 heteroatoms. The summed E-state index contributed by atoms with van der Waals surface area (Å²) in [7, 11) is -0.706. The molecule has 0 saturated heterocycles. The lowest BCUT2D eigenvalue weighted by atomic mass is 9.73. The molecule has 0 atom stereocenters. The maximum atomic E-state index is 9.50. The highest BCUT2D eigenvalue weighted by molar-refractivity contribution is 6.68. The van der Waals surface area contributed by atoms with E-state index in [1.54, 1.807) is 0 Å². The number of rotatable bonds is 0. The number of benzene rings is 1. The van der Waals surface area contributed by atoms with Gasteiger partial charge in [-0.1, -0.05) is 18.2 Å². The van der Waals surface area contributed by atoms with Crippen molar-refractivity contribution in [3.05, 3.63) is 24.3 Å². The van der Waals surface area contributed by atoms with Crippen molar-refractivity contribution in [2.45, 2.75) is 6.92 Å². The Morgan fingerprint density at radius 2 is 2.17 bits per heavy atom. The molecule has 1 aromatic rings. The zero-order chi connectivity index (χ0) is 8.55. The van der Waals surface area contributed by atoms with Crippen molar-refractivity contribution < 1.29 is 5.02 Å². The Labute approximate surface area is 71.3 Å². The van der Waals surface area contributed by atoms with Crippen LogP contribution in [0.15, 0.2) is 29.2 Å². The van der Waals surface area contributed by atoms with Crippen LogP contribution in [0.3, 0.4) is 0 Å². The van der Waals surface area contributed by atoms with Gasteiger partial charge in [-0.2, -0.15) is 0 Å². The predicted octanol–water partition coefficient (Wildman–Crippen LogP) is 0.218. The van der Waals surface area contributed by atoms with Crippen LogP contribution in [-0.4, -0.2) is 17.9 Å². The van der Waals surface area contributed by atoms with Crippen molar-refractivity contribution in [2.24, 2.45) is 4.90 Å². The summed E-state index contributed by atoms with van der Waals surface area (Å²) >= 11 is 0. The first-order valence-corrected chi connectivity index (χ1v) is 3.86. The molecule has 0 aromatic heterocycles. The van der Waals surface area contributed by atoms with Crippen molar-refractivity contribution in [1.82, 2.24) is 0 Å². The van der Waals surface area contributed by atoms with Gasteiger partial charge >= 0.3 is 7.05 Å². The molecule has 0 saturated carbocycles. The third-order valence-electron chi connectivity index (χ3n) is 1.87. The van der Waals surface area contributed by atoms with Gasteiger partial charge in [0.25, 0.3) is 0 Å². The number of hydrogen-bond donors (Lipinski definition) is 2. The van der Waals surface area contributed by atoms with Gasteiger partial charge in [0.05, 0.1) is 5.84 Å². The largest absolute Gasteiger partial charge is 0.471 e. The van der Waals surface area contributed by atoms with Crippen LogP contribution >= 0.6 is 0 Å². The number of nitrogens with one attached hydrogen (secondary N) is 1. The van der Waals surface area contributed by atoms with Crippen LogP contribution in [-0.2, 0) is 0 Å². The smallest absolute Gasteiger partial charge is 0.427 e. The summed E-state index contributed by atoms with van der Waals surface area (Å²) in [6.07, 6.45) is 0. The van der Waals surface area contributed by atoms with Gasteiger partial charge in [0.2, 0.25) is 0 Å². The third kappa shape index (κ3) is 1.10. The van der Waals surface area contributed by atoms with Crippen molar-refractivity contribution in [3.63, 3.8) is 0 Å². The van der Waals surface area contributed by atoms with Gasteiger partial charge in [-0.25, -0.2) is 0 Å². The van der Waals surface area contributed by atoms with Crippen LogP contribution in [0, 0.1) is 0 Å². The van der Waals surface area contributed by atoms with Gasteiger partial charge in [0.1, 0.15) is 0 Å². The zero-order valence-corrected chi connectivity index (χ0v) is 6.78. The summed E-state index contributed by atoms with van der Waals surface area (Å²) in [5.41, 5.74) is 1.78. The van der Waals surface area contributed by atoms with Crippen molar-refractivity contribution >= 4 is 24.0 Å². The topological polar surface area (TPSA) is 44.6 Å². The van der Waals surface area contributed by atoms with E-state index in [1.165, 1.54) is 0 Å². The molecule has 3 nitrogen and oxygen atoms in total. The Morgan fingerprint density at radius 3 is 3.00 bits per heavy atom. The molecule has 1 aromatic carbocycles. The molecule has 12 heavy (non-hydrogen) atoms. The fraction of sp³-hybridized carbons (Fsp3) is 0.125. The lowest BCUT2D eigenvalue weighted by Crippen LogP contribution is -2.37. The molecule has 2 N–H and O–H groups in total. The molecule has 0 bridgehead atoms. The van der Waals surface area contributed by atoms with E-state index in [0.717, 1.165) is 17.0 Å². The first-order chi connectivity index (χ1) is 5.77. The maximum absolute atomic E-state index is 9.50. The van der Waals surface area contributed by atoms with Gasteiger partial charge in [0, 0.05) is 5.69 Å². The molecule has 1 heterocycles. The van der Waals surface area contributed by atoms with Crippen molar-refractivity contribution in [2.75, 3.05) is 5.32 Å². The SMILES string of the molecule is CC1=NB(O)c2ccccc2N1. The van der Waals surface area contributed by atoms with Crippen LogP contribution in [0.2, 0.25) is 0 Å². The highest BCUT2D eigenvalue weighted by atomic mass is 16.2. The molecule has 0 unspecified atom stereocenters. The van der Waals surface area contributed by atoms with E-state index in [1.807, 2.05) is 31.2 Å². The number of anilines is 1. The lowest BCUT2D eigenvalue weighted by molar-refractivity contribution is 0.588. The normalized spacial score (nSPS) is 14.8. The summed E-state index contributed by atoms with van der Waals surface area (Å²) in [5, 5.41) is 12.6. The van der Waals surface area contributed by atoms with E-state index >= 15 is 0 Å². The number of hydrogen-bond acceptors (Lipinski definition) is 3. The highest BCUT2D eigenvalue weighted by Gasteiger charge is 2.21. The van der Waals surface area contributed by atoms with E-state index < -0.39 is 7.05 Å². The lowest BCUT2D eigenvalue weighted by Gasteiger charge is -2.17. The quantitative estimate of drug-likeness (QED) is 0.533. The Balaban J connectivity index is 2.48. The summed E-state index contributed by atoms with van der Waals surface area (Å²) in [4.78, 5) is 3.99. The monoisotopic (exact) mass is 160 g/mol. The highest BCUT2D eigenvalue weighted by Crippen LogP contribution is 2.08. The van der Waals surface area contributed by atoms with Crippen LogP contribution in [0.4, 0.5) is 5.69 Å². The first-order valence-electron chi connectivity index (χ1n) is 3.86. The molecule has 0 amide bonds. The molecule has 0 radical (unpaired) electrons. The molecule has 0 fully saturated rings. The molecule has 1 aliphatic heterocycles. The number of amidine groups is 1. The fourth-order valence-corrected chi connectivity index (χ4v) is 1.32. The Kier molecular flexibility index (Phi) is 1.62. The standard InChI is InChI=1S/C8H9BN2O/c1-6-10-8-5-3-2-4-7(8)9(12)11-6/h2-5,12H,1H3,(H,10,11). The van der Waals surface area contributed by atoms with Crippen molar-refractivity contribution in [3.8, 4) is 0 Å². The molecule has 60 valence electrons. The molecular weight excluding hydrogens is 151 g/mol. The Bertz CT molecular complexity index is 338. The van der Waals surface area contributed by atoms with E-state index in [9.17, 15) is 5.02 Å². The van der Waals surface area contributed by atoms with Gasteiger partial charge in [-0.05, 0) is 18.5 Å². The van der Waals surface area contributed by atoms with Gasteiger partial charge in [-0.3, -0.25) is 4.90 Å². The summed E-state index contributed by atoms with van der Waals surface area (Å²) in [6, 6.07) is 7.61. The zero-order valence-electron chi connectivity index (χ0n) is 6.78. The first kappa shape index (κ1) is 7.37. The number of para-hydroxylation sites is 1. The summed E-state index contributed by atoms with van der Waals surface area (Å²) < 4.78 is 0. The third-order valence-corrected chi connectivity index (χ3v) is 1.87. The fourth-order valence-electron chi connectivity index (χ4n) is 1.32. The second kappa shape index (κ2) is 2.64. The molecule has 0 spiro atoms. The van der Waals surface area contributed by atoms with Gasteiger partial charge in [-0.15, -0.1) is 0 Å². The second-order valence-corrected chi connectivity index (χ2v) is 2.80. The molecule has 1 aliphatic rings. The average Bonchev–Trinajstić information content (AvgIpc) is 2.04. The maximum Gasteiger partial charge on any atom is 0.471 e. The number of fused-ring (bicyclic) bond motifs is 1. The minimum absolute atomic E-state index is 0.706. The number of nitrogens with zero attached hydrogens (tertiary/aromatic N) is 1. The van der Waals surface area contributed by atoms with Crippen LogP contribution in [0.1, 0.15) is 6.92 Å². The van der Waals surface area contributed by atoms with Crippen LogP contribution in [0.5, 0.6) is 0 Å². The predicted molar refractivity (Wildman–Crippen MR) is 50.8 cm³/mol. The van der Waals surface area contributed by atoms with E-state index in [4.69, 9.17) is 0 Å². The summed E-state index contributed by atoms with van der Waals surface area (Å²) in [5.74, 6) is 0.751. The minimum atomic E-state index is -0.706. The second-order valence-electron chi connectivity index (χ2n) is 2.80. The Morgan fingerprint density at radius 1 is 1.42 bits per heavy atom. The molecular formula is C8H9BN2O. The van der Waals surface area contributed by atoms with Gasteiger partial charge < -0.3 is 10.3 Å². The van der Waals surface area contributed by atoms with E-state index in [2.05, 4.69) is 10.2 Å². The van der Waals surface area contributed by atoms with Gasteiger partial charge in [0.15, 0.2) is 0 Å². The average molecular weight is 160 g/mol. The molecule has 2 rings (SSSR count). The molecule has 0 aliphatic carbocycles. The van der Waals surface area contributed by atoms with Crippen LogP contribution in [0.25, 0.3) is 0 Å². The van der Waals surface area contributed by atoms with Crippen LogP contribution < -0.4 is 10.8 Å². The summed E-state index contributed by atoms with van der Waals surface area (Å²) in [6.45, 7) is 1.83.